The number of ether oxygens (including phenoxy) is 1. The predicted molar refractivity (Wildman–Crippen MR) is 80.2 cm³/mol. The zero-order valence-corrected chi connectivity index (χ0v) is 12.2. The molecule has 1 aromatic rings. The van der Waals surface area contributed by atoms with E-state index in [1.807, 2.05) is 0 Å². The summed E-state index contributed by atoms with van der Waals surface area (Å²) in [4.78, 5) is 35.5. The Morgan fingerprint density at radius 2 is 2.05 bits per heavy atom. The third-order valence-corrected chi connectivity index (χ3v) is 3.38. The summed E-state index contributed by atoms with van der Waals surface area (Å²) < 4.78 is 4.78. The first-order chi connectivity index (χ1) is 10.5. The Kier molecular flexibility index (Phi) is 4.93. The quantitative estimate of drug-likeness (QED) is 0.661. The normalized spacial score (nSPS) is 18.0. The number of aliphatic carboxylic acids is 1. The standard InChI is InChI=1S/C16H17NO5/c1-2-22-15(19)8-5-11-3-6-13(7-4-11)17-10-12(16(20)21)9-14(17)18/h3-8,12H,2,9-10H2,1H3,(H,20,21)/b8-5+. The molecule has 0 saturated carbocycles. The van der Waals surface area contributed by atoms with Crippen LogP contribution < -0.4 is 4.90 Å². The fourth-order valence-electron chi connectivity index (χ4n) is 2.24. The van der Waals surface area contributed by atoms with Gasteiger partial charge in [0, 0.05) is 24.7 Å². The van der Waals surface area contributed by atoms with Crippen LogP contribution in [0.2, 0.25) is 0 Å². The maximum atomic E-state index is 11.8. The number of rotatable bonds is 5. The summed E-state index contributed by atoms with van der Waals surface area (Å²) in [5.41, 5.74) is 1.44. The maximum Gasteiger partial charge on any atom is 0.330 e. The predicted octanol–water partition coefficient (Wildman–Crippen LogP) is 1.70. The summed E-state index contributed by atoms with van der Waals surface area (Å²) >= 11 is 0. The number of carboxylic acid groups (broad SMARTS) is 1. The monoisotopic (exact) mass is 303 g/mol. The number of carboxylic acids is 1. The largest absolute Gasteiger partial charge is 0.481 e. The zero-order valence-electron chi connectivity index (χ0n) is 12.2. The Labute approximate surface area is 128 Å². The van der Waals surface area contributed by atoms with Crippen molar-refractivity contribution in [2.45, 2.75) is 13.3 Å². The van der Waals surface area contributed by atoms with Crippen LogP contribution >= 0.6 is 0 Å². The molecule has 1 N–H and O–H groups in total. The van der Waals surface area contributed by atoms with Crippen LogP contribution in [-0.2, 0) is 19.1 Å². The van der Waals surface area contributed by atoms with E-state index in [1.165, 1.54) is 11.0 Å². The van der Waals surface area contributed by atoms with E-state index < -0.39 is 17.9 Å². The second-order valence-electron chi connectivity index (χ2n) is 4.92. The molecule has 1 fully saturated rings. The van der Waals surface area contributed by atoms with Gasteiger partial charge in [-0.15, -0.1) is 0 Å². The molecule has 1 atom stereocenters. The number of hydrogen-bond donors (Lipinski definition) is 1. The van der Waals surface area contributed by atoms with Gasteiger partial charge in [-0.25, -0.2) is 4.79 Å². The second-order valence-corrected chi connectivity index (χ2v) is 4.92. The first-order valence-electron chi connectivity index (χ1n) is 6.99. The van der Waals surface area contributed by atoms with Crippen LogP contribution in [0.4, 0.5) is 5.69 Å². The van der Waals surface area contributed by atoms with Crippen molar-refractivity contribution in [1.82, 2.24) is 0 Å². The highest BCUT2D eigenvalue weighted by molar-refractivity contribution is 5.99. The van der Waals surface area contributed by atoms with Crippen LogP contribution in [0.5, 0.6) is 0 Å². The number of nitrogens with zero attached hydrogens (tertiary/aromatic N) is 1. The van der Waals surface area contributed by atoms with Gasteiger partial charge >= 0.3 is 11.9 Å². The average Bonchev–Trinajstić information content (AvgIpc) is 2.88. The summed E-state index contributed by atoms with van der Waals surface area (Å²) in [7, 11) is 0. The first kappa shape index (κ1) is 15.8. The van der Waals surface area contributed by atoms with E-state index in [9.17, 15) is 14.4 Å². The first-order valence-corrected chi connectivity index (χ1v) is 6.99. The molecule has 116 valence electrons. The molecule has 0 bridgehead atoms. The fraction of sp³-hybridized carbons (Fsp3) is 0.312. The lowest BCUT2D eigenvalue weighted by Gasteiger charge is -2.16. The fourth-order valence-corrected chi connectivity index (χ4v) is 2.24. The Morgan fingerprint density at radius 3 is 2.59 bits per heavy atom. The van der Waals surface area contributed by atoms with Crippen molar-refractivity contribution in [2.24, 2.45) is 5.92 Å². The van der Waals surface area contributed by atoms with Crippen LogP contribution in [0.15, 0.2) is 30.3 Å². The highest BCUT2D eigenvalue weighted by Crippen LogP contribution is 2.25. The Bertz CT molecular complexity index is 605. The van der Waals surface area contributed by atoms with Gasteiger partial charge in [-0.05, 0) is 30.7 Å². The minimum absolute atomic E-state index is 0.0276. The van der Waals surface area contributed by atoms with Crippen molar-refractivity contribution in [1.29, 1.82) is 0 Å². The van der Waals surface area contributed by atoms with E-state index in [0.717, 1.165) is 5.56 Å². The number of benzene rings is 1. The van der Waals surface area contributed by atoms with Gasteiger partial charge in [0.15, 0.2) is 0 Å². The lowest BCUT2D eigenvalue weighted by atomic mass is 10.1. The van der Waals surface area contributed by atoms with E-state index in [0.29, 0.717) is 12.3 Å². The van der Waals surface area contributed by atoms with E-state index in [-0.39, 0.29) is 18.9 Å². The van der Waals surface area contributed by atoms with Crippen LogP contribution in [-0.4, -0.2) is 36.1 Å². The SMILES string of the molecule is CCOC(=O)/C=C/c1ccc(N2CC(C(=O)O)CC2=O)cc1. The van der Waals surface area contributed by atoms with Gasteiger partial charge in [-0.1, -0.05) is 12.1 Å². The van der Waals surface area contributed by atoms with E-state index in [2.05, 4.69) is 0 Å². The van der Waals surface area contributed by atoms with Crippen molar-refractivity contribution in [2.75, 3.05) is 18.1 Å². The van der Waals surface area contributed by atoms with Gasteiger partial charge in [0.05, 0.1) is 12.5 Å². The van der Waals surface area contributed by atoms with Crippen LogP contribution in [0.25, 0.3) is 6.08 Å². The molecule has 1 amide bonds. The molecule has 2 rings (SSSR count). The molecule has 22 heavy (non-hydrogen) atoms. The lowest BCUT2D eigenvalue weighted by molar-refractivity contribution is -0.141. The van der Waals surface area contributed by atoms with Crippen molar-refractivity contribution in [3.05, 3.63) is 35.9 Å². The average molecular weight is 303 g/mol. The van der Waals surface area contributed by atoms with Crippen molar-refractivity contribution in [3.63, 3.8) is 0 Å². The molecular weight excluding hydrogens is 286 g/mol. The number of esters is 1. The van der Waals surface area contributed by atoms with Crippen molar-refractivity contribution < 1.29 is 24.2 Å². The molecule has 1 aliphatic heterocycles. The lowest BCUT2D eigenvalue weighted by Crippen LogP contribution is -2.25. The molecule has 1 aliphatic rings. The van der Waals surface area contributed by atoms with E-state index in [4.69, 9.17) is 9.84 Å². The smallest absolute Gasteiger partial charge is 0.330 e. The molecule has 0 aromatic heterocycles. The van der Waals surface area contributed by atoms with Crippen LogP contribution in [0.3, 0.4) is 0 Å². The maximum absolute atomic E-state index is 11.8. The molecule has 0 aliphatic carbocycles. The van der Waals surface area contributed by atoms with Gasteiger partial charge in [-0.2, -0.15) is 0 Å². The molecule has 1 heterocycles. The van der Waals surface area contributed by atoms with Gasteiger partial charge < -0.3 is 14.7 Å². The molecule has 1 aromatic carbocycles. The number of carbonyl (C=O) groups excluding carboxylic acids is 2. The highest BCUT2D eigenvalue weighted by atomic mass is 16.5. The third-order valence-electron chi connectivity index (χ3n) is 3.38. The number of carbonyl (C=O) groups is 3. The summed E-state index contributed by atoms with van der Waals surface area (Å²) in [6.45, 7) is 2.24. The molecule has 0 radical (unpaired) electrons. The van der Waals surface area contributed by atoms with E-state index in [1.54, 1.807) is 37.3 Å². The molecule has 0 spiro atoms. The second kappa shape index (κ2) is 6.89. The summed E-state index contributed by atoms with van der Waals surface area (Å²) in [5, 5.41) is 8.97. The summed E-state index contributed by atoms with van der Waals surface area (Å²) in [6.07, 6.45) is 2.98. The van der Waals surface area contributed by atoms with E-state index >= 15 is 0 Å². The number of amides is 1. The van der Waals surface area contributed by atoms with Gasteiger partial charge in [0.1, 0.15) is 0 Å². The third kappa shape index (κ3) is 3.72. The number of hydrogen-bond acceptors (Lipinski definition) is 4. The Morgan fingerprint density at radius 1 is 1.36 bits per heavy atom. The summed E-state index contributed by atoms with van der Waals surface area (Å²) in [5.74, 6) is -2.21. The Balaban J connectivity index is 2.05. The van der Waals surface area contributed by atoms with Gasteiger partial charge in [0.25, 0.3) is 0 Å². The number of anilines is 1. The highest BCUT2D eigenvalue weighted by Gasteiger charge is 2.34. The molecular formula is C16H17NO5. The zero-order chi connectivity index (χ0) is 16.1. The van der Waals surface area contributed by atoms with Gasteiger partial charge in [0.2, 0.25) is 5.91 Å². The minimum atomic E-state index is -0.954. The van der Waals surface area contributed by atoms with Crippen LogP contribution in [0, 0.1) is 5.92 Å². The minimum Gasteiger partial charge on any atom is -0.481 e. The Hall–Kier alpha value is -2.63. The topological polar surface area (TPSA) is 83.9 Å². The molecule has 6 heteroatoms. The van der Waals surface area contributed by atoms with Crippen molar-refractivity contribution in [3.8, 4) is 0 Å². The molecule has 1 saturated heterocycles. The van der Waals surface area contributed by atoms with Gasteiger partial charge in [-0.3, -0.25) is 9.59 Å². The van der Waals surface area contributed by atoms with Crippen LogP contribution in [0.1, 0.15) is 18.9 Å². The molecule has 1 unspecified atom stereocenters. The summed E-state index contributed by atoms with van der Waals surface area (Å²) in [6, 6.07) is 6.97. The van der Waals surface area contributed by atoms with Crippen molar-refractivity contribution >= 4 is 29.6 Å². The molecule has 6 nitrogen and oxygen atoms in total.